The van der Waals surface area contributed by atoms with Crippen LogP contribution >= 0.6 is 11.6 Å². The van der Waals surface area contributed by atoms with E-state index in [0.717, 1.165) is 29.2 Å². The number of unbranched alkanes of at least 4 members (excludes halogenated alkanes) is 1. The minimum Gasteiger partial charge on any atom is -0.206 e. The molecule has 0 atom stereocenters. The molecule has 158 valence electrons. The van der Waals surface area contributed by atoms with Crippen molar-refractivity contribution in [2.24, 2.45) is 11.8 Å². The molecule has 0 unspecified atom stereocenters. The first-order chi connectivity index (χ1) is 14.6. The van der Waals surface area contributed by atoms with Crippen LogP contribution in [0.15, 0.2) is 54.6 Å². The molecule has 3 aromatic rings. The topological polar surface area (TPSA) is 0 Å². The highest BCUT2D eigenvalue weighted by atomic mass is 35.5. The normalized spacial score (nSPS) is 19.3. The van der Waals surface area contributed by atoms with Crippen molar-refractivity contribution in [1.82, 2.24) is 0 Å². The Morgan fingerprint density at radius 3 is 2.27 bits per heavy atom. The van der Waals surface area contributed by atoms with E-state index in [0.29, 0.717) is 16.0 Å². The van der Waals surface area contributed by atoms with E-state index in [1.807, 2.05) is 30.3 Å². The van der Waals surface area contributed by atoms with Crippen LogP contribution in [0.3, 0.4) is 0 Å². The number of benzene rings is 3. The summed E-state index contributed by atoms with van der Waals surface area (Å²) < 4.78 is 15.2. The lowest BCUT2D eigenvalue weighted by Crippen LogP contribution is -2.15. The van der Waals surface area contributed by atoms with Crippen molar-refractivity contribution in [3.63, 3.8) is 0 Å². The van der Waals surface area contributed by atoms with Crippen LogP contribution in [0.4, 0.5) is 4.39 Å². The molecular formula is C28H32ClF. The van der Waals surface area contributed by atoms with E-state index in [-0.39, 0.29) is 5.82 Å². The Morgan fingerprint density at radius 1 is 0.867 bits per heavy atom. The number of aryl methyl sites for hydroxylation is 1. The highest BCUT2D eigenvalue weighted by molar-refractivity contribution is 6.30. The SMILES string of the molecule is CCCCC1CCC(CCc2ccc3c(F)c(-c4ccc(Cl)cc4)ccc3c2)CC1. The monoisotopic (exact) mass is 422 g/mol. The van der Waals surface area contributed by atoms with Crippen LogP contribution in [0.2, 0.25) is 5.02 Å². The summed E-state index contributed by atoms with van der Waals surface area (Å²) in [6, 6.07) is 17.5. The molecule has 0 amide bonds. The van der Waals surface area contributed by atoms with Crippen LogP contribution in [0, 0.1) is 17.7 Å². The second-order valence-corrected chi connectivity index (χ2v) is 9.49. The van der Waals surface area contributed by atoms with Crippen molar-refractivity contribution in [1.29, 1.82) is 0 Å². The summed E-state index contributed by atoms with van der Waals surface area (Å²) in [5.41, 5.74) is 2.82. The average molecular weight is 423 g/mol. The van der Waals surface area contributed by atoms with Gasteiger partial charge in [-0.05, 0) is 53.3 Å². The van der Waals surface area contributed by atoms with E-state index in [4.69, 9.17) is 11.6 Å². The molecule has 0 heterocycles. The van der Waals surface area contributed by atoms with Crippen molar-refractivity contribution in [2.75, 3.05) is 0 Å². The molecule has 4 rings (SSSR count). The third-order valence-corrected chi connectivity index (χ3v) is 7.20. The first-order valence-corrected chi connectivity index (χ1v) is 12.0. The van der Waals surface area contributed by atoms with Crippen LogP contribution in [0.25, 0.3) is 21.9 Å². The van der Waals surface area contributed by atoms with Gasteiger partial charge in [-0.25, -0.2) is 4.39 Å². The molecule has 30 heavy (non-hydrogen) atoms. The van der Waals surface area contributed by atoms with Gasteiger partial charge >= 0.3 is 0 Å². The highest BCUT2D eigenvalue weighted by Gasteiger charge is 2.20. The van der Waals surface area contributed by atoms with Gasteiger partial charge in [0.1, 0.15) is 5.82 Å². The average Bonchev–Trinajstić information content (AvgIpc) is 2.78. The third kappa shape index (κ3) is 5.06. The molecule has 1 fully saturated rings. The molecule has 0 saturated heterocycles. The third-order valence-electron chi connectivity index (χ3n) is 6.95. The van der Waals surface area contributed by atoms with E-state index in [1.54, 1.807) is 12.1 Å². The first-order valence-electron chi connectivity index (χ1n) is 11.6. The van der Waals surface area contributed by atoms with E-state index in [1.165, 1.54) is 56.9 Å². The largest absolute Gasteiger partial charge is 0.206 e. The lowest BCUT2D eigenvalue weighted by Gasteiger charge is -2.28. The molecule has 0 radical (unpaired) electrons. The maximum Gasteiger partial charge on any atom is 0.138 e. The fourth-order valence-corrected chi connectivity index (χ4v) is 5.15. The predicted molar refractivity (Wildman–Crippen MR) is 128 cm³/mol. The Balaban J connectivity index is 1.40. The van der Waals surface area contributed by atoms with Crippen LogP contribution in [-0.4, -0.2) is 0 Å². The summed E-state index contributed by atoms with van der Waals surface area (Å²) in [5.74, 6) is 1.69. The van der Waals surface area contributed by atoms with Gasteiger partial charge in [-0.15, -0.1) is 0 Å². The molecule has 1 aliphatic carbocycles. The molecular weight excluding hydrogens is 391 g/mol. The quantitative estimate of drug-likeness (QED) is 0.355. The van der Waals surface area contributed by atoms with Gasteiger partial charge in [-0.3, -0.25) is 0 Å². The first kappa shape index (κ1) is 21.4. The number of rotatable bonds is 7. The summed E-state index contributed by atoms with van der Waals surface area (Å²) in [6.45, 7) is 2.29. The van der Waals surface area contributed by atoms with Gasteiger partial charge in [0, 0.05) is 16.0 Å². The lowest BCUT2D eigenvalue weighted by molar-refractivity contribution is 0.250. The molecule has 0 aliphatic heterocycles. The number of hydrogen-bond donors (Lipinski definition) is 0. The molecule has 1 saturated carbocycles. The lowest BCUT2D eigenvalue weighted by atomic mass is 9.78. The Kier molecular flexibility index (Phi) is 7.10. The summed E-state index contributed by atoms with van der Waals surface area (Å²) in [5, 5.41) is 2.35. The van der Waals surface area contributed by atoms with E-state index in [2.05, 4.69) is 19.1 Å². The smallest absolute Gasteiger partial charge is 0.138 e. The van der Waals surface area contributed by atoms with E-state index >= 15 is 4.39 Å². The maximum atomic E-state index is 15.2. The van der Waals surface area contributed by atoms with Gasteiger partial charge < -0.3 is 0 Å². The van der Waals surface area contributed by atoms with Gasteiger partial charge in [0.15, 0.2) is 0 Å². The molecule has 1 aliphatic rings. The molecule has 2 heteroatoms. The summed E-state index contributed by atoms with van der Waals surface area (Å²) in [4.78, 5) is 0. The molecule has 3 aromatic carbocycles. The van der Waals surface area contributed by atoms with Gasteiger partial charge in [0.05, 0.1) is 0 Å². The highest BCUT2D eigenvalue weighted by Crippen LogP contribution is 2.35. The molecule has 0 N–H and O–H groups in total. The summed E-state index contributed by atoms with van der Waals surface area (Å²) in [7, 11) is 0. The fraction of sp³-hybridized carbons (Fsp3) is 0.429. The summed E-state index contributed by atoms with van der Waals surface area (Å²) >= 11 is 5.97. The van der Waals surface area contributed by atoms with Crippen LogP contribution < -0.4 is 0 Å². The Morgan fingerprint density at radius 2 is 1.57 bits per heavy atom. The number of halogens is 2. The standard InChI is InChI=1S/C28H32ClF/c1-2-3-4-20-5-7-21(8-6-20)9-10-22-11-17-27-24(19-22)14-18-26(28(27)30)23-12-15-25(29)16-13-23/h11-21H,2-10H2,1H3. The van der Waals surface area contributed by atoms with Crippen LogP contribution in [0.5, 0.6) is 0 Å². The van der Waals surface area contributed by atoms with E-state index in [9.17, 15) is 0 Å². The fourth-order valence-electron chi connectivity index (χ4n) is 5.02. The maximum absolute atomic E-state index is 15.2. The van der Waals surface area contributed by atoms with Gasteiger partial charge in [-0.2, -0.15) is 0 Å². The Hall–Kier alpha value is -1.86. The second-order valence-electron chi connectivity index (χ2n) is 9.06. The van der Waals surface area contributed by atoms with Gasteiger partial charge in [0.25, 0.3) is 0 Å². The van der Waals surface area contributed by atoms with Crippen molar-refractivity contribution < 1.29 is 4.39 Å². The zero-order valence-corrected chi connectivity index (χ0v) is 18.7. The van der Waals surface area contributed by atoms with Crippen molar-refractivity contribution in [2.45, 2.75) is 64.7 Å². The molecule has 0 aromatic heterocycles. The Labute approximate surface area is 185 Å². The van der Waals surface area contributed by atoms with Crippen molar-refractivity contribution >= 4 is 22.4 Å². The van der Waals surface area contributed by atoms with Crippen LogP contribution in [0.1, 0.15) is 63.9 Å². The van der Waals surface area contributed by atoms with Gasteiger partial charge in [0.2, 0.25) is 0 Å². The minimum atomic E-state index is -0.147. The second kappa shape index (κ2) is 9.96. The Bertz CT molecular complexity index is 968. The van der Waals surface area contributed by atoms with Crippen LogP contribution in [-0.2, 0) is 6.42 Å². The van der Waals surface area contributed by atoms with Gasteiger partial charge in [-0.1, -0.05) is 106 Å². The molecule has 0 bridgehead atoms. The predicted octanol–water partition coefficient (Wildman–Crippen LogP) is 9.23. The zero-order chi connectivity index (χ0) is 20.9. The van der Waals surface area contributed by atoms with E-state index < -0.39 is 0 Å². The van der Waals surface area contributed by atoms with Crippen molar-refractivity contribution in [3.05, 3.63) is 71.0 Å². The molecule has 0 nitrogen and oxygen atoms in total. The number of fused-ring (bicyclic) bond motifs is 1. The number of hydrogen-bond acceptors (Lipinski definition) is 0. The molecule has 0 spiro atoms. The van der Waals surface area contributed by atoms with Crippen molar-refractivity contribution in [3.8, 4) is 11.1 Å². The minimum absolute atomic E-state index is 0.147. The zero-order valence-electron chi connectivity index (χ0n) is 18.0. The summed E-state index contributed by atoms with van der Waals surface area (Å²) in [6.07, 6.45) is 12.1.